The van der Waals surface area contributed by atoms with Gasteiger partial charge in [-0.3, -0.25) is 9.10 Å². The van der Waals surface area contributed by atoms with E-state index in [1.807, 2.05) is 6.92 Å². The summed E-state index contributed by atoms with van der Waals surface area (Å²) >= 11 is 0. The van der Waals surface area contributed by atoms with Gasteiger partial charge in [-0.05, 0) is 43.3 Å². The molecule has 5 nitrogen and oxygen atoms in total. The van der Waals surface area contributed by atoms with Crippen LogP contribution in [-0.4, -0.2) is 26.7 Å². The Hall–Kier alpha value is -2.80. The number of hydrogen-bond acceptors (Lipinski definition) is 4. The number of carbonyl (C=O) groups excluding carboxylic acids is 1. The van der Waals surface area contributed by atoms with Gasteiger partial charge in [0.25, 0.3) is 10.0 Å². The van der Waals surface area contributed by atoms with Gasteiger partial charge in [0, 0.05) is 12.4 Å². The molecule has 0 unspecified atom stereocenters. The van der Waals surface area contributed by atoms with Crippen molar-refractivity contribution >= 4 is 33.0 Å². The second-order valence-electron chi connectivity index (χ2n) is 5.64. The fraction of sp³-hybridized carbons (Fsp3) is 0.111. The lowest BCUT2D eigenvalue weighted by molar-refractivity contribution is 0.112. The average molecular weight is 358 g/mol. The largest absolute Gasteiger partial charge is 0.298 e. The minimum absolute atomic E-state index is 0.00492. The Bertz CT molecular complexity index is 1060. The van der Waals surface area contributed by atoms with Crippen molar-refractivity contribution in [3.05, 3.63) is 65.5 Å². The molecule has 1 heterocycles. The Morgan fingerprint density at radius 3 is 2.40 bits per heavy atom. The van der Waals surface area contributed by atoms with Crippen LogP contribution in [0.25, 0.3) is 10.9 Å². The van der Waals surface area contributed by atoms with Gasteiger partial charge in [-0.2, -0.15) is 0 Å². The number of hydrogen-bond donors (Lipinski definition) is 0. The highest BCUT2D eigenvalue weighted by Gasteiger charge is 2.24. The van der Waals surface area contributed by atoms with E-state index in [9.17, 15) is 17.6 Å². The number of halogens is 1. The fourth-order valence-electron chi connectivity index (χ4n) is 2.47. The van der Waals surface area contributed by atoms with E-state index in [2.05, 4.69) is 4.98 Å². The van der Waals surface area contributed by atoms with Crippen LogP contribution < -0.4 is 4.31 Å². The molecule has 25 heavy (non-hydrogen) atoms. The predicted octanol–water partition coefficient (Wildman–Crippen LogP) is 3.32. The van der Waals surface area contributed by atoms with Crippen LogP contribution in [-0.2, 0) is 10.0 Å². The maximum absolute atomic E-state index is 13.4. The van der Waals surface area contributed by atoms with Gasteiger partial charge in [-0.15, -0.1) is 0 Å². The molecule has 0 amide bonds. The van der Waals surface area contributed by atoms with E-state index in [1.54, 1.807) is 12.1 Å². The summed E-state index contributed by atoms with van der Waals surface area (Å²) in [5.74, 6) is -0.464. The van der Waals surface area contributed by atoms with Gasteiger partial charge in [0.1, 0.15) is 5.82 Å². The maximum atomic E-state index is 13.4. The quantitative estimate of drug-likeness (QED) is 0.671. The number of aryl methyl sites for hydroxylation is 1. The van der Waals surface area contributed by atoms with Gasteiger partial charge in [-0.25, -0.2) is 17.8 Å². The molecule has 0 aliphatic carbocycles. The second-order valence-corrected chi connectivity index (χ2v) is 7.61. The fourth-order valence-corrected chi connectivity index (χ4v) is 3.64. The van der Waals surface area contributed by atoms with E-state index in [0.717, 1.165) is 9.87 Å². The SMILES string of the molecule is Cc1ccc(S(=O)(=O)N(C)c2nc3ccc(F)cc3cc2C=O)cc1. The molecule has 0 spiro atoms. The lowest BCUT2D eigenvalue weighted by Gasteiger charge is -2.20. The number of aromatic nitrogens is 1. The molecule has 0 aliphatic rings. The minimum atomic E-state index is -3.88. The number of carbonyl (C=O) groups is 1. The first-order chi connectivity index (χ1) is 11.8. The maximum Gasteiger partial charge on any atom is 0.265 e. The molecule has 0 atom stereocenters. The number of sulfonamides is 1. The third-order valence-electron chi connectivity index (χ3n) is 3.89. The van der Waals surface area contributed by atoms with Crippen LogP contribution in [0, 0.1) is 12.7 Å². The van der Waals surface area contributed by atoms with E-state index in [1.165, 1.54) is 43.4 Å². The number of aldehydes is 1. The van der Waals surface area contributed by atoms with E-state index in [4.69, 9.17) is 0 Å². The molecular formula is C18H15FN2O3S. The van der Waals surface area contributed by atoms with Crippen LogP contribution in [0.2, 0.25) is 0 Å². The summed E-state index contributed by atoms with van der Waals surface area (Å²) in [6.07, 6.45) is 0.508. The Kier molecular flexibility index (Phi) is 4.26. The zero-order valence-corrected chi connectivity index (χ0v) is 14.4. The molecule has 0 radical (unpaired) electrons. The first kappa shape index (κ1) is 17.0. The highest BCUT2D eigenvalue weighted by molar-refractivity contribution is 7.92. The van der Waals surface area contributed by atoms with E-state index in [-0.39, 0.29) is 16.3 Å². The van der Waals surface area contributed by atoms with E-state index < -0.39 is 15.8 Å². The van der Waals surface area contributed by atoms with Crippen LogP contribution in [0.5, 0.6) is 0 Å². The zero-order valence-electron chi connectivity index (χ0n) is 13.6. The van der Waals surface area contributed by atoms with Crippen LogP contribution in [0.1, 0.15) is 15.9 Å². The molecule has 0 bridgehead atoms. The van der Waals surface area contributed by atoms with Crippen molar-refractivity contribution in [3.63, 3.8) is 0 Å². The van der Waals surface area contributed by atoms with Crippen LogP contribution in [0.15, 0.2) is 53.4 Å². The Morgan fingerprint density at radius 2 is 1.76 bits per heavy atom. The molecule has 2 aromatic carbocycles. The van der Waals surface area contributed by atoms with Crippen molar-refractivity contribution in [2.45, 2.75) is 11.8 Å². The molecule has 7 heteroatoms. The molecule has 128 valence electrons. The molecule has 0 fully saturated rings. The van der Waals surface area contributed by atoms with E-state index >= 15 is 0 Å². The van der Waals surface area contributed by atoms with Gasteiger partial charge in [0.15, 0.2) is 12.1 Å². The standard InChI is InChI=1S/C18H15FN2O3S/c1-12-3-6-16(7-4-12)25(23,24)21(2)18-14(11-22)9-13-10-15(19)5-8-17(13)20-18/h3-11H,1-2H3. The first-order valence-electron chi connectivity index (χ1n) is 7.44. The number of fused-ring (bicyclic) bond motifs is 1. The van der Waals surface area contributed by atoms with Gasteiger partial charge in [-0.1, -0.05) is 17.7 Å². The third-order valence-corrected chi connectivity index (χ3v) is 5.65. The highest BCUT2D eigenvalue weighted by atomic mass is 32.2. The number of benzene rings is 2. The van der Waals surface area contributed by atoms with Gasteiger partial charge in [0.2, 0.25) is 0 Å². The van der Waals surface area contributed by atoms with Gasteiger partial charge < -0.3 is 0 Å². The summed E-state index contributed by atoms with van der Waals surface area (Å²) in [6.45, 7) is 1.86. The summed E-state index contributed by atoms with van der Waals surface area (Å²) < 4.78 is 39.9. The summed E-state index contributed by atoms with van der Waals surface area (Å²) in [6, 6.07) is 11.7. The first-order valence-corrected chi connectivity index (χ1v) is 8.88. The lowest BCUT2D eigenvalue weighted by Crippen LogP contribution is -2.28. The van der Waals surface area contributed by atoms with Crippen molar-refractivity contribution in [2.75, 3.05) is 11.4 Å². The van der Waals surface area contributed by atoms with E-state index in [0.29, 0.717) is 17.2 Å². The zero-order chi connectivity index (χ0) is 18.2. The molecule has 3 aromatic rings. The topological polar surface area (TPSA) is 67.3 Å². The van der Waals surface area contributed by atoms with Crippen LogP contribution in [0.4, 0.5) is 10.2 Å². The number of nitrogens with zero attached hydrogens (tertiary/aromatic N) is 2. The minimum Gasteiger partial charge on any atom is -0.298 e. The Balaban J connectivity index is 2.15. The molecule has 0 N–H and O–H groups in total. The molecule has 0 saturated carbocycles. The normalized spacial score (nSPS) is 11.5. The van der Waals surface area contributed by atoms with Crippen molar-refractivity contribution in [3.8, 4) is 0 Å². The second kappa shape index (κ2) is 6.25. The molecule has 1 aromatic heterocycles. The van der Waals surface area contributed by atoms with Gasteiger partial charge >= 0.3 is 0 Å². The van der Waals surface area contributed by atoms with Crippen molar-refractivity contribution in [2.24, 2.45) is 0 Å². The summed E-state index contributed by atoms with van der Waals surface area (Å²) in [7, 11) is -2.55. The summed E-state index contributed by atoms with van der Waals surface area (Å²) in [5, 5.41) is 0.423. The molecule has 0 aliphatic heterocycles. The summed E-state index contributed by atoms with van der Waals surface area (Å²) in [5.41, 5.74) is 1.39. The van der Waals surface area contributed by atoms with Crippen LogP contribution in [0.3, 0.4) is 0 Å². The smallest absolute Gasteiger partial charge is 0.265 e. The Labute approximate surface area is 144 Å². The van der Waals surface area contributed by atoms with Crippen LogP contribution >= 0.6 is 0 Å². The highest BCUT2D eigenvalue weighted by Crippen LogP contribution is 2.26. The lowest BCUT2D eigenvalue weighted by atomic mass is 10.1. The summed E-state index contributed by atoms with van der Waals surface area (Å²) in [4.78, 5) is 15.8. The van der Waals surface area contributed by atoms with Crippen molar-refractivity contribution < 1.29 is 17.6 Å². The monoisotopic (exact) mass is 358 g/mol. The average Bonchev–Trinajstić information content (AvgIpc) is 2.60. The van der Waals surface area contributed by atoms with Crippen molar-refractivity contribution in [1.82, 2.24) is 4.98 Å². The van der Waals surface area contributed by atoms with Crippen molar-refractivity contribution in [1.29, 1.82) is 0 Å². The number of anilines is 1. The predicted molar refractivity (Wildman–Crippen MR) is 93.9 cm³/mol. The number of rotatable bonds is 4. The molecule has 0 saturated heterocycles. The van der Waals surface area contributed by atoms with Gasteiger partial charge in [0.05, 0.1) is 16.0 Å². The Morgan fingerprint density at radius 1 is 1.08 bits per heavy atom. The molecular weight excluding hydrogens is 343 g/mol. The number of pyridine rings is 1. The third kappa shape index (κ3) is 3.10. The molecule has 3 rings (SSSR count).